The molecule has 17 heteroatoms. The fourth-order valence-electron chi connectivity index (χ4n) is 5.26. The summed E-state index contributed by atoms with van der Waals surface area (Å²) in [5.74, 6) is -0.450. The van der Waals surface area contributed by atoms with Gasteiger partial charge in [-0.1, -0.05) is 33.8 Å². The zero-order valence-electron chi connectivity index (χ0n) is 29.4. The summed E-state index contributed by atoms with van der Waals surface area (Å²) in [5.41, 5.74) is 0.135. The zero-order chi connectivity index (χ0) is 36.8. The van der Waals surface area contributed by atoms with Crippen LogP contribution in [0, 0.1) is 0 Å². The molecule has 3 N–H and O–H groups in total. The number of carbonyl (C=O) groups is 3. The highest BCUT2D eigenvalue weighted by atomic mass is 19.4. The Morgan fingerprint density at radius 3 is 2.30 bits per heavy atom. The minimum atomic E-state index is -4.78. The first-order chi connectivity index (χ1) is 24.0. The summed E-state index contributed by atoms with van der Waals surface area (Å²) in [7, 11) is 1.34. The Hall–Kier alpha value is -4.77. The molecule has 3 aromatic heterocycles. The van der Waals surface area contributed by atoms with Gasteiger partial charge >= 0.3 is 12.2 Å². The van der Waals surface area contributed by atoms with E-state index in [1.54, 1.807) is 24.1 Å². The number of urea groups is 1. The third kappa shape index (κ3) is 10.4. The molecule has 3 aromatic rings. The van der Waals surface area contributed by atoms with Crippen molar-refractivity contribution in [2.24, 2.45) is 0 Å². The van der Waals surface area contributed by atoms with Crippen LogP contribution in [-0.4, -0.2) is 113 Å². The Bertz CT molecular complexity index is 1610. The van der Waals surface area contributed by atoms with Crippen molar-refractivity contribution in [3.8, 4) is 11.4 Å². The van der Waals surface area contributed by atoms with E-state index in [4.69, 9.17) is 4.74 Å². The summed E-state index contributed by atoms with van der Waals surface area (Å²) in [6.07, 6.45) is 0.956. The third-order valence-electron chi connectivity index (χ3n) is 7.59. The number of alkyl halides is 3. The molecular weight excluding hydrogens is 657 g/mol. The van der Waals surface area contributed by atoms with Gasteiger partial charge in [0.1, 0.15) is 11.3 Å². The lowest BCUT2D eigenvalue weighted by Crippen LogP contribution is -2.50. The Balaban J connectivity index is 0.00000163. The summed E-state index contributed by atoms with van der Waals surface area (Å²) < 4.78 is 49.8. The van der Waals surface area contributed by atoms with E-state index in [9.17, 15) is 27.6 Å². The van der Waals surface area contributed by atoms with E-state index >= 15 is 0 Å². The molecule has 274 valence electrons. The molecule has 4 amide bonds. The van der Waals surface area contributed by atoms with Gasteiger partial charge in [-0.25, -0.2) is 19.3 Å². The smallest absolute Gasteiger partial charge is 0.378 e. The lowest BCUT2D eigenvalue weighted by atomic mass is 10.1. The highest BCUT2D eigenvalue weighted by molar-refractivity contribution is 5.91. The van der Waals surface area contributed by atoms with E-state index in [0.717, 1.165) is 17.8 Å². The minimum absolute atomic E-state index is 0.0712. The van der Waals surface area contributed by atoms with Gasteiger partial charge in [-0.3, -0.25) is 19.8 Å². The monoisotopic (exact) mass is 704 g/mol. The van der Waals surface area contributed by atoms with Gasteiger partial charge in [-0.05, 0) is 30.7 Å². The zero-order valence-corrected chi connectivity index (χ0v) is 29.4. The highest BCUT2D eigenvalue weighted by Gasteiger charge is 2.36. The van der Waals surface area contributed by atoms with Crippen LogP contribution in [0.5, 0.6) is 0 Å². The Labute approximate surface area is 290 Å². The number of ether oxygens (including phenoxy) is 1. The standard InChI is InChI=1S/C29H35F3N10O4.2C2H6/c1-3-4-24(43)35-16-25(44)40-7-5-39(6-8-40)17-19-13-22-27(41-9-11-46-12-10-41)37-26(38-42(22)18-19)20-15-34-23(36-28(45)33-2)14-21(20)29(30,31)32;2*1-2/h3-4,13-15,18H,5-12,16-17H2,1-2H3,(H,35,43)(H2,33,34,36,45);2*1-2H3/b4-3-;;. The van der Waals surface area contributed by atoms with Crippen molar-refractivity contribution < 1.29 is 32.3 Å². The number of piperazine rings is 1. The highest BCUT2D eigenvalue weighted by Crippen LogP contribution is 2.38. The first-order valence-corrected chi connectivity index (χ1v) is 16.7. The number of pyridine rings is 1. The lowest BCUT2D eigenvalue weighted by molar-refractivity contribution is -0.137. The number of nitrogens with zero attached hydrogens (tertiary/aromatic N) is 7. The first kappa shape index (κ1) is 39.7. The van der Waals surface area contributed by atoms with E-state index in [0.29, 0.717) is 70.4 Å². The van der Waals surface area contributed by atoms with Crippen molar-refractivity contribution in [1.82, 2.24) is 40.0 Å². The van der Waals surface area contributed by atoms with Crippen LogP contribution in [0.4, 0.5) is 29.6 Å². The fourth-order valence-corrected chi connectivity index (χ4v) is 5.26. The molecule has 50 heavy (non-hydrogen) atoms. The van der Waals surface area contributed by atoms with Gasteiger partial charge in [0, 0.05) is 65.3 Å². The summed E-state index contributed by atoms with van der Waals surface area (Å²) in [6.45, 7) is 14.2. The number of rotatable bonds is 8. The molecule has 0 atom stereocenters. The van der Waals surface area contributed by atoms with Crippen LogP contribution in [0.1, 0.15) is 45.7 Å². The van der Waals surface area contributed by atoms with E-state index in [1.165, 1.54) is 17.6 Å². The number of hydrogen-bond acceptors (Lipinski definition) is 9. The van der Waals surface area contributed by atoms with Crippen molar-refractivity contribution in [2.45, 2.75) is 47.3 Å². The molecule has 2 fully saturated rings. The largest absolute Gasteiger partial charge is 0.417 e. The molecular formula is C33H47F3N10O4. The molecule has 2 aliphatic rings. The van der Waals surface area contributed by atoms with Crippen molar-refractivity contribution in [3.63, 3.8) is 0 Å². The van der Waals surface area contributed by atoms with E-state index in [2.05, 4.69) is 35.9 Å². The van der Waals surface area contributed by atoms with E-state index < -0.39 is 17.8 Å². The molecule has 2 aliphatic heterocycles. The SMILES string of the molecule is C/C=C\C(=O)NCC(=O)N1CCN(Cc2cc3c(N4CCOCC4)nc(-c4cnc(NC(=O)NC)cc4C(F)(F)F)nn3c2)CC1.CC.CC. The summed E-state index contributed by atoms with van der Waals surface area (Å²) >= 11 is 0. The number of morpholine rings is 1. The number of fused-ring (bicyclic) bond motifs is 1. The van der Waals surface area contributed by atoms with Gasteiger partial charge in [0.25, 0.3) is 0 Å². The molecule has 0 bridgehead atoms. The van der Waals surface area contributed by atoms with Gasteiger partial charge < -0.3 is 25.2 Å². The van der Waals surface area contributed by atoms with Crippen LogP contribution in [0.2, 0.25) is 0 Å². The molecule has 5 rings (SSSR count). The molecule has 0 spiro atoms. The van der Waals surface area contributed by atoms with Gasteiger partial charge in [-0.2, -0.15) is 13.2 Å². The summed E-state index contributed by atoms with van der Waals surface area (Å²) in [4.78, 5) is 50.3. The quantitative estimate of drug-likeness (QED) is 0.298. The molecule has 14 nitrogen and oxygen atoms in total. The molecule has 5 heterocycles. The Morgan fingerprint density at radius 2 is 1.68 bits per heavy atom. The number of hydrogen-bond donors (Lipinski definition) is 3. The Kier molecular flexibility index (Phi) is 14.9. The average Bonchev–Trinajstić information content (AvgIpc) is 3.54. The van der Waals surface area contributed by atoms with Crippen molar-refractivity contribution in [3.05, 3.63) is 47.8 Å². The van der Waals surface area contributed by atoms with E-state index in [-0.39, 0.29) is 35.6 Å². The third-order valence-corrected chi connectivity index (χ3v) is 7.59. The molecule has 0 saturated carbocycles. The summed E-state index contributed by atoms with van der Waals surface area (Å²) in [6, 6.07) is 1.97. The maximum atomic E-state index is 14.3. The molecule has 0 aromatic carbocycles. The van der Waals surface area contributed by atoms with Crippen LogP contribution in [0.15, 0.2) is 36.7 Å². The van der Waals surface area contributed by atoms with Gasteiger partial charge in [0.15, 0.2) is 11.6 Å². The predicted molar refractivity (Wildman–Crippen MR) is 185 cm³/mol. The van der Waals surface area contributed by atoms with Crippen LogP contribution in [0.3, 0.4) is 0 Å². The van der Waals surface area contributed by atoms with Crippen molar-refractivity contribution in [2.75, 3.05) is 76.3 Å². The maximum Gasteiger partial charge on any atom is 0.417 e. The minimum Gasteiger partial charge on any atom is -0.378 e. The van der Waals surface area contributed by atoms with Crippen LogP contribution >= 0.6 is 0 Å². The lowest BCUT2D eigenvalue weighted by Gasteiger charge is -2.34. The number of anilines is 2. The maximum absolute atomic E-state index is 14.3. The van der Waals surface area contributed by atoms with Crippen LogP contribution in [0.25, 0.3) is 16.9 Å². The summed E-state index contributed by atoms with van der Waals surface area (Å²) in [5, 5.41) is 11.6. The molecule has 0 radical (unpaired) electrons. The molecule has 0 aliphatic carbocycles. The number of amides is 4. The Morgan fingerprint density at radius 1 is 1.00 bits per heavy atom. The molecule has 0 unspecified atom stereocenters. The first-order valence-electron chi connectivity index (χ1n) is 16.7. The van der Waals surface area contributed by atoms with Crippen LogP contribution in [-0.2, 0) is 27.0 Å². The van der Waals surface area contributed by atoms with E-state index in [1.807, 2.05) is 38.7 Å². The normalized spacial score (nSPS) is 15.1. The van der Waals surface area contributed by atoms with Crippen molar-refractivity contribution >= 4 is 35.0 Å². The average molecular weight is 705 g/mol. The van der Waals surface area contributed by atoms with Crippen molar-refractivity contribution in [1.29, 1.82) is 0 Å². The van der Waals surface area contributed by atoms with Gasteiger partial charge in [-0.15, -0.1) is 5.10 Å². The number of halogens is 3. The van der Waals surface area contributed by atoms with Gasteiger partial charge in [0.05, 0.1) is 30.9 Å². The molecule has 2 saturated heterocycles. The van der Waals surface area contributed by atoms with Gasteiger partial charge in [0.2, 0.25) is 11.8 Å². The number of aromatic nitrogens is 4. The van der Waals surface area contributed by atoms with Crippen LogP contribution < -0.4 is 20.9 Å². The number of nitrogens with one attached hydrogen (secondary N) is 3. The second-order valence-corrected chi connectivity index (χ2v) is 10.7. The fraction of sp³-hybridized carbons (Fsp3) is 0.515. The second-order valence-electron chi connectivity index (χ2n) is 10.7. The predicted octanol–water partition coefficient (Wildman–Crippen LogP) is 3.79. The topological polar surface area (TPSA) is 149 Å². The number of allylic oxidation sites excluding steroid dienone is 1. The second kappa shape index (κ2) is 18.8. The number of carbonyl (C=O) groups excluding carboxylic acids is 3.